The van der Waals surface area contributed by atoms with E-state index in [1.165, 1.54) is 12.1 Å². The van der Waals surface area contributed by atoms with Gasteiger partial charge < -0.3 is 21.2 Å². The topological polar surface area (TPSA) is 99.1 Å². The van der Waals surface area contributed by atoms with E-state index in [2.05, 4.69) is 5.10 Å². The van der Waals surface area contributed by atoms with E-state index in [0.717, 1.165) is 6.21 Å². The second-order valence-corrected chi connectivity index (χ2v) is 2.15. The normalized spacial score (nSPS) is 10.7. The summed E-state index contributed by atoms with van der Waals surface area (Å²) in [4.78, 5) is 0. The number of hydrogen-bond acceptors (Lipinski definition) is 5. The van der Waals surface area contributed by atoms with Gasteiger partial charge in [0.25, 0.3) is 0 Å². The summed E-state index contributed by atoms with van der Waals surface area (Å²) in [5.41, 5.74) is 0.243. The second kappa shape index (κ2) is 3.00. The number of phenols is 3. The Labute approximate surface area is 68.4 Å². The molecule has 0 aromatic heterocycles. The molecule has 5 nitrogen and oxygen atoms in total. The van der Waals surface area contributed by atoms with Gasteiger partial charge in [-0.25, -0.2) is 0 Å². The molecule has 0 fully saturated rings. The number of phenolic OH excluding ortho intramolecular Hbond substituents is 3. The van der Waals surface area contributed by atoms with Crippen LogP contribution in [0.25, 0.3) is 0 Å². The second-order valence-electron chi connectivity index (χ2n) is 2.15. The van der Waals surface area contributed by atoms with Crippen LogP contribution in [-0.2, 0) is 0 Å². The fraction of sp³-hybridized carbons (Fsp3) is 0. The van der Waals surface area contributed by atoms with E-state index >= 15 is 0 Å². The summed E-state index contributed by atoms with van der Waals surface area (Å²) in [5, 5.41) is 30.2. The van der Waals surface area contributed by atoms with Crippen molar-refractivity contribution in [2.24, 2.45) is 10.9 Å². The van der Waals surface area contributed by atoms with Crippen molar-refractivity contribution >= 4 is 6.21 Å². The average molecular weight is 168 g/mol. The van der Waals surface area contributed by atoms with Gasteiger partial charge in [0.15, 0.2) is 11.5 Å². The number of aromatic hydroxyl groups is 3. The van der Waals surface area contributed by atoms with Gasteiger partial charge in [-0.2, -0.15) is 5.10 Å². The summed E-state index contributed by atoms with van der Waals surface area (Å²) < 4.78 is 0. The zero-order valence-corrected chi connectivity index (χ0v) is 6.10. The molecule has 0 atom stereocenters. The van der Waals surface area contributed by atoms with Gasteiger partial charge in [0.1, 0.15) is 0 Å². The molecule has 0 saturated carbocycles. The summed E-state index contributed by atoms with van der Waals surface area (Å²) in [6.45, 7) is 0. The fourth-order valence-electron chi connectivity index (χ4n) is 0.769. The van der Waals surface area contributed by atoms with Gasteiger partial charge in [-0.05, 0) is 12.1 Å². The lowest BCUT2D eigenvalue weighted by Crippen LogP contribution is -1.87. The van der Waals surface area contributed by atoms with E-state index in [1.54, 1.807) is 0 Å². The zero-order chi connectivity index (χ0) is 9.14. The molecule has 0 saturated heterocycles. The smallest absolute Gasteiger partial charge is 0.200 e. The van der Waals surface area contributed by atoms with Crippen LogP contribution in [-0.4, -0.2) is 21.5 Å². The molecule has 0 radical (unpaired) electrons. The van der Waals surface area contributed by atoms with E-state index in [1.807, 2.05) is 0 Å². The third kappa shape index (κ3) is 1.24. The Morgan fingerprint density at radius 1 is 1.17 bits per heavy atom. The molecule has 0 aliphatic carbocycles. The molecule has 5 heteroatoms. The molecule has 5 N–H and O–H groups in total. The summed E-state index contributed by atoms with van der Waals surface area (Å²) in [5.74, 6) is 3.43. The minimum atomic E-state index is -0.576. The Morgan fingerprint density at radius 2 is 1.83 bits per heavy atom. The molecule has 0 amide bonds. The van der Waals surface area contributed by atoms with Gasteiger partial charge in [-0.1, -0.05) is 0 Å². The van der Waals surface area contributed by atoms with E-state index in [0.29, 0.717) is 0 Å². The minimum absolute atomic E-state index is 0.243. The van der Waals surface area contributed by atoms with Crippen molar-refractivity contribution in [2.45, 2.75) is 0 Å². The van der Waals surface area contributed by atoms with Crippen molar-refractivity contribution in [3.63, 3.8) is 0 Å². The number of rotatable bonds is 1. The van der Waals surface area contributed by atoms with Crippen LogP contribution in [0, 0.1) is 0 Å². The minimum Gasteiger partial charge on any atom is -0.504 e. The van der Waals surface area contributed by atoms with Crippen LogP contribution in [0.2, 0.25) is 0 Å². The highest BCUT2D eigenvalue weighted by molar-refractivity contribution is 5.85. The third-order valence-electron chi connectivity index (χ3n) is 1.37. The van der Waals surface area contributed by atoms with Gasteiger partial charge in [0.2, 0.25) is 5.75 Å². The fourth-order valence-corrected chi connectivity index (χ4v) is 0.769. The van der Waals surface area contributed by atoms with Crippen molar-refractivity contribution in [3.05, 3.63) is 17.7 Å². The van der Waals surface area contributed by atoms with Gasteiger partial charge in [-0.15, -0.1) is 0 Å². The number of hydrogen-bond donors (Lipinski definition) is 4. The van der Waals surface area contributed by atoms with Crippen molar-refractivity contribution in [1.82, 2.24) is 0 Å². The molecule has 0 heterocycles. The third-order valence-corrected chi connectivity index (χ3v) is 1.37. The SMILES string of the molecule is N/N=C/c1ccc(O)c(O)c1O. The Hall–Kier alpha value is -1.91. The summed E-state index contributed by atoms with van der Waals surface area (Å²) in [6.07, 6.45) is 1.16. The molecule has 0 aliphatic rings. The molecular formula is C7H8N2O3. The van der Waals surface area contributed by atoms with Gasteiger partial charge in [0, 0.05) is 5.56 Å². The molecule has 0 bridgehead atoms. The molecule has 1 aromatic rings. The van der Waals surface area contributed by atoms with Crippen molar-refractivity contribution in [1.29, 1.82) is 0 Å². The highest BCUT2D eigenvalue weighted by Crippen LogP contribution is 2.35. The maximum absolute atomic E-state index is 9.15. The summed E-state index contributed by atoms with van der Waals surface area (Å²) in [6, 6.07) is 2.60. The van der Waals surface area contributed by atoms with Gasteiger partial charge in [0.05, 0.1) is 6.21 Å². The highest BCUT2D eigenvalue weighted by atomic mass is 16.3. The van der Waals surface area contributed by atoms with E-state index in [-0.39, 0.29) is 11.3 Å². The first-order chi connectivity index (χ1) is 5.66. The summed E-state index contributed by atoms with van der Waals surface area (Å²) in [7, 11) is 0. The van der Waals surface area contributed by atoms with Crippen LogP contribution in [0.4, 0.5) is 0 Å². The largest absolute Gasteiger partial charge is 0.504 e. The standard InChI is InChI=1S/C7H8N2O3/c8-9-3-4-1-2-5(10)7(12)6(4)11/h1-3,10-12H,8H2/b9-3+. The molecule has 0 spiro atoms. The lowest BCUT2D eigenvalue weighted by Gasteiger charge is -2.02. The Bertz CT molecular complexity index is 323. The lowest BCUT2D eigenvalue weighted by atomic mass is 10.2. The van der Waals surface area contributed by atoms with E-state index in [9.17, 15) is 0 Å². The summed E-state index contributed by atoms with van der Waals surface area (Å²) >= 11 is 0. The van der Waals surface area contributed by atoms with Crippen molar-refractivity contribution < 1.29 is 15.3 Å². The molecule has 1 rings (SSSR count). The number of hydrazone groups is 1. The first-order valence-electron chi connectivity index (χ1n) is 3.14. The van der Waals surface area contributed by atoms with Crippen LogP contribution in [0.15, 0.2) is 17.2 Å². The number of nitrogens with two attached hydrogens (primary N) is 1. The van der Waals surface area contributed by atoms with E-state index < -0.39 is 11.5 Å². The molecule has 64 valence electrons. The monoisotopic (exact) mass is 168 g/mol. The Morgan fingerprint density at radius 3 is 2.42 bits per heavy atom. The highest BCUT2D eigenvalue weighted by Gasteiger charge is 2.08. The van der Waals surface area contributed by atoms with Gasteiger partial charge >= 0.3 is 0 Å². The quantitative estimate of drug-likeness (QED) is 0.207. The van der Waals surface area contributed by atoms with Crippen LogP contribution >= 0.6 is 0 Å². The average Bonchev–Trinajstić information content (AvgIpc) is 2.07. The predicted molar refractivity (Wildman–Crippen MR) is 43.2 cm³/mol. The Kier molecular flexibility index (Phi) is 2.05. The molecule has 1 aromatic carbocycles. The number of benzene rings is 1. The van der Waals surface area contributed by atoms with Crippen LogP contribution < -0.4 is 5.84 Å². The first-order valence-corrected chi connectivity index (χ1v) is 3.14. The van der Waals surface area contributed by atoms with Crippen LogP contribution in [0.1, 0.15) is 5.56 Å². The molecular weight excluding hydrogens is 160 g/mol. The first kappa shape index (κ1) is 8.19. The predicted octanol–water partition coefficient (Wildman–Crippen LogP) is 0.0960. The van der Waals surface area contributed by atoms with Crippen LogP contribution in [0.3, 0.4) is 0 Å². The van der Waals surface area contributed by atoms with Gasteiger partial charge in [-0.3, -0.25) is 0 Å². The molecule has 12 heavy (non-hydrogen) atoms. The zero-order valence-electron chi connectivity index (χ0n) is 6.10. The maximum Gasteiger partial charge on any atom is 0.200 e. The van der Waals surface area contributed by atoms with Crippen molar-refractivity contribution in [3.8, 4) is 17.2 Å². The maximum atomic E-state index is 9.15. The number of nitrogens with zero attached hydrogens (tertiary/aromatic N) is 1. The molecule has 0 aliphatic heterocycles. The molecule has 0 unspecified atom stereocenters. The van der Waals surface area contributed by atoms with Crippen molar-refractivity contribution in [2.75, 3.05) is 0 Å². The van der Waals surface area contributed by atoms with E-state index in [4.69, 9.17) is 21.2 Å². The van der Waals surface area contributed by atoms with Crippen LogP contribution in [0.5, 0.6) is 17.2 Å². The Balaban J connectivity index is 3.26. The lowest BCUT2D eigenvalue weighted by molar-refractivity contribution is 0.367.